The van der Waals surface area contributed by atoms with Crippen molar-refractivity contribution < 1.29 is 40.9 Å². The van der Waals surface area contributed by atoms with E-state index in [1.165, 1.54) is 12.8 Å². The molecule has 1 fully saturated rings. The number of carbonyl (C=O) groups is 2. The Hall–Kier alpha value is -0.452. The van der Waals surface area contributed by atoms with Gasteiger partial charge in [0.25, 0.3) is 0 Å². The molecule has 0 heterocycles. The average Bonchev–Trinajstić information content (AvgIpc) is 2.08. The molecule has 1 rings (SSSR count). The monoisotopic (exact) mass is 411 g/mol. The molecule has 0 amide bonds. The Morgan fingerprint density at radius 2 is 1.31 bits per heavy atom. The van der Waals surface area contributed by atoms with Crippen molar-refractivity contribution >= 4 is 11.9 Å². The minimum absolute atomic E-state index is 0. The summed E-state index contributed by atoms with van der Waals surface area (Å²) in [5.74, 6) is -2.62. The number of rotatable bonds is 2. The van der Waals surface area contributed by atoms with Gasteiger partial charge in [-0.3, -0.25) is 9.59 Å². The summed E-state index contributed by atoms with van der Waals surface area (Å²) >= 11 is 0. The molecule has 1 aliphatic rings. The second-order valence-electron chi connectivity index (χ2n) is 3.46. The Bertz CT molecular complexity index is 204. The third-order valence-electron chi connectivity index (χ3n) is 2.07. The van der Waals surface area contributed by atoms with E-state index in [2.05, 4.69) is 0 Å². The molecule has 2 atom stereocenters. The van der Waals surface area contributed by atoms with Gasteiger partial charge in [0.2, 0.25) is 0 Å². The molecular formula is C9H16N2O4Pt+2. The van der Waals surface area contributed by atoms with Gasteiger partial charge < -0.3 is 21.7 Å². The van der Waals surface area contributed by atoms with Gasteiger partial charge in [-0.05, 0) is 0 Å². The Kier molecular flexibility index (Phi) is 10.9. The normalized spacial score (nSPS) is 23.4. The number of carboxylic acid groups (broad SMARTS) is 2. The van der Waals surface area contributed by atoms with Crippen LogP contribution < -0.4 is 0 Å². The van der Waals surface area contributed by atoms with Crippen molar-refractivity contribution in [2.75, 3.05) is 0 Å². The van der Waals surface area contributed by atoms with E-state index in [-0.39, 0.29) is 33.1 Å². The van der Waals surface area contributed by atoms with Crippen LogP contribution in [0.5, 0.6) is 0 Å². The zero-order chi connectivity index (χ0) is 11.8. The van der Waals surface area contributed by atoms with E-state index in [9.17, 15) is 9.59 Å². The Morgan fingerprint density at radius 3 is 1.44 bits per heavy atom. The van der Waals surface area contributed by atoms with Crippen molar-refractivity contribution in [1.82, 2.24) is 0 Å². The van der Waals surface area contributed by atoms with Gasteiger partial charge in [0.15, 0.2) is 0 Å². The molecule has 94 valence electrons. The van der Waals surface area contributed by atoms with Gasteiger partial charge >= 0.3 is 33.0 Å². The minimum atomic E-state index is -1.31. The molecule has 1 saturated carbocycles. The van der Waals surface area contributed by atoms with Crippen LogP contribution >= 0.6 is 0 Å². The molecule has 16 heavy (non-hydrogen) atoms. The van der Waals surface area contributed by atoms with Crippen molar-refractivity contribution in [3.8, 4) is 0 Å². The average molecular weight is 411 g/mol. The fourth-order valence-electron chi connectivity index (χ4n) is 1.26. The van der Waals surface area contributed by atoms with Crippen molar-refractivity contribution in [3.05, 3.63) is 11.5 Å². The molecular weight excluding hydrogens is 395 g/mol. The van der Waals surface area contributed by atoms with Gasteiger partial charge in [-0.2, -0.15) is 12.1 Å². The molecule has 1 aliphatic carbocycles. The third-order valence-corrected chi connectivity index (χ3v) is 2.07. The molecule has 0 aliphatic heterocycles. The van der Waals surface area contributed by atoms with E-state index in [0.29, 0.717) is 0 Å². The Morgan fingerprint density at radius 1 is 1.00 bits per heavy atom. The van der Waals surface area contributed by atoms with Crippen LogP contribution in [0.15, 0.2) is 0 Å². The predicted molar refractivity (Wildman–Crippen MR) is 54.6 cm³/mol. The molecule has 4 N–H and O–H groups in total. The van der Waals surface area contributed by atoms with Gasteiger partial charge in [0.05, 0.1) is 0 Å². The fraction of sp³-hybridized carbons (Fsp3) is 0.778. The first kappa shape index (κ1) is 17.9. The van der Waals surface area contributed by atoms with Crippen LogP contribution in [0.2, 0.25) is 0 Å². The van der Waals surface area contributed by atoms with E-state index in [1.54, 1.807) is 0 Å². The van der Waals surface area contributed by atoms with E-state index in [4.69, 9.17) is 21.7 Å². The van der Waals surface area contributed by atoms with Crippen molar-refractivity contribution in [1.29, 1.82) is 0 Å². The van der Waals surface area contributed by atoms with E-state index in [0.717, 1.165) is 12.8 Å². The summed E-state index contributed by atoms with van der Waals surface area (Å²) in [5, 5.41) is 15.4. The number of hydrogen-bond acceptors (Lipinski definition) is 2. The molecule has 0 aromatic carbocycles. The van der Waals surface area contributed by atoms with Crippen molar-refractivity contribution in [2.24, 2.45) is 0 Å². The SMILES string of the molecule is O=C(O)CC(=O)O.[NH-][C@@H]1CCCC[C@H]1[NH-].[Pt+4]. The quantitative estimate of drug-likeness (QED) is 0.675. The molecule has 0 radical (unpaired) electrons. The van der Waals surface area contributed by atoms with Crippen LogP contribution in [0, 0.1) is 0 Å². The van der Waals surface area contributed by atoms with E-state index >= 15 is 0 Å². The first-order chi connectivity index (χ1) is 6.93. The smallest absolute Gasteiger partial charge is 0.676 e. The summed E-state index contributed by atoms with van der Waals surface area (Å²) in [6.07, 6.45) is 3.44. The maximum absolute atomic E-state index is 9.43. The zero-order valence-electron chi connectivity index (χ0n) is 8.72. The molecule has 0 aromatic rings. The summed E-state index contributed by atoms with van der Waals surface area (Å²) in [6.45, 7) is 0. The summed E-state index contributed by atoms with van der Waals surface area (Å²) in [5.41, 5.74) is 14.6. The zero-order valence-corrected chi connectivity index (χ0v) is 11.0. The Balaban J connectivity index is 0. The van der Waals surface area contributed by atoms with Crippen LogP contribution in [0.1, 0.15) is 32.1 Å². The maximum atomic E-state index is 9.43. The molecule has 0 unspecified atom stereocenters. The van der Waals surface area contributed by atoms with Gasteiger partial charge in [-0.15, -0.1) is 0 Å². The van der Waals surface area contributed by atoms with Crippen LogP contribution in [0.3, 0.4) is 0 Å². The maximum Gasteiger partial charge on any atom is 4.00 e. The standard InChI is InChI=1S/C6H12N2.C3H4O4.Pt/c7-5-3-1-2-4-6(5)8;4-2(5)1-3(6)7;/h5-8H,1-4H2;1H2,(H,4,5)(H,6,7);/q-2;;+4/t5-,6-;;/m1../s1. The topological polar surface area (TPSA) is 122 Å². The molecule has 6 nitrogen and oxygen atoms in total. The van der Waals surface area contributed by atoms with Crippen LogP contribution in [0.4, 0.5) is 0 Å². The predicted octanol–water partition coefficient (Wildman–Crippen LogP) is 1.95. The second-order valence-corrected chi connectivity index (χ2v) is 3.46. The molecule has 7 heteroatoms. The molecule has 0 bridgehead atoms. The first-order valence-electron chi connectivity index (χ1n) is 4.79. The first-order valence-corrected chi connectivity index (χ1v) is 4.79. The Labute approximate surface area is 109 Å². The number of carboxylic acids is 2. The minimum Gasteiger partial charge on any atom is -0.676 e. The van der Waals surface area contributed by atoms with E-state index < -0.39 is 18.4 Å². The van der Waals surface area contributed by atoms with Gasteiger partial charge in [-0.1, -0.05) is 25.7 Å². The van der Waals surface area contributed by atoms with Crippen LogP contribution in [-0.4, -0.2) is 34.2 Å². The molecule has 0 saturated heterocycles. The van der Waals surface area contributed by atoms with Crippen molar-refractivity contribution in [3.63, 3.8) is 0 Å². The number of hydrogen-bond donors (Lipinski definition) is 2. The number of nitrogens with one attached hydrogen (secondary N) is 2. The van der Waals surface area contributed by atoms with Gasteiger partial charge in [0.1, 0.15) is 6.42 Å². The fourth-order valence-corrected chi connectivity index (χ4v) is 1.26. The summed E-state index contributed by atoms with van der Waals surface area (Å²) < 4.78 is 0. The third kappa shape index (κ3) is 10.1. The molecule has 0 spiro atoms. The summed E-state index contributed by atoms with van der Waals surface area (Å²) in [4.78, 5) is 18.9. The van der Waals surface area contributed by atoms with Gasteiger partial charge in [0, 0.05) is 0 Å². The van der Waals surface area contributed by atoms with Crippen LogP contribution in [0.25, 0.3) is 11.5 Å². The molecule has 0 aromatic heterocycles. The van der Waals surface area contributed by atoms with Crippen molar-refractivity contribution in [2.45, 2.75) is 44.2 Å². The largest absolute Gasteiger partial charge is 4.00 e. The van der Waals surface area contributed by atoms with Crippen LogP contribution in [-0.2, 0) is 30.7 Å². The number of aliphatic carboxylic acids is 2. The summed E-state index contributed by atoms with van der Waals surface area (Å²) in [6, 6.07) is -0.160. The van der Waals surface area contributed by atoms with E-state index in [1.807, 2.05) is 0 Å². The summed E-state index contributed by atoms with van der Waals surface area (Å²) in [7, 11) is 0. The second kappa shape index (κ2) is 9.75. The van der Waals surface area contributed by atoms with Gasteiger partial charge in [-0.25, -0.2) is 0 Å².